The molecule has 1 amide bonds. The van der Waals surface area contributed by atoms with Gasteiger partial charge in [-0.25, -0.2) is 9.50 Å². The summed E-state index contributed by atoms with van der Waals surface area (Å²) >= 11 is 0. The molecule has 12 heteroatoms. The summed E-state index contributed by atoms with van der Waals surface area (Å²) < 4.78 is 38.0. The van der Waals surface area contributed by atoms with E-state index in [1.807, 2.05) is 0 Å². The zero-order chi connectivity index (χ0) is 22.2. The van der Waals surface area contributed by atoms with E-state index in [9.17, 15) is 13.6 Å². The molecular formula is C20H15F2N7O3. The fourth-order valence-corrected chi connectivity index (χ4v) is 3.32. The van der Waals surface area contributed by atoms with Crippen LogP contribution in [-0.4, -0.2) is 43.9 Å². The summed E-state index contributed by atoms with van der Waals surface area (Å²) in [6, 6.07) is 4.58. The number of nitrogens with one attached hydrogen (secondary N) is 3. The van der Waals surface area contributed by atoms with E-state index in [2.05, 4.69) is 37.5 Å². The van der Waals surface area contributed by atoms with Crippen molar-refractivity contribution in [3.8, 4) is 22.8 Å². The summed E-state index contributed by atoms with van der Waals surface area (Å²) in [7, 11) is 0. The van der Waals surface area contributed by atoms with E-state index in [-0.39, 0.29) is 34.9 Å². The minimum atomic E-state index is -3.06. The van der Waals surface area contributed by atoms with Crippen molar-refractivity contribution in [3.05, 3.63) is 60.8 Å². The summed E-state index contributed by atoms with van der Waals surface area (Å²) in [4.78, 5) is 17.0. The number of nitrogens with zero attached hydrogens (tertiary/aromatic N) is 4. The molecule has 1 aliphatic heterocycles. The van der Waals surface area contributed by atoms with Crippen LogP contribution in [0.25, 0.3) is 16.9 Å². The summed E-state index contributed by atoms with van der Waals surface area (Å²) in [5, 5.41) is 16.4. The standard InChI is InChI=1S/C20H15F2N7O3/c1-10-9-31-16-5-11(15(32-20(21)22)6-13(16)26-10)17-14(8-24-28-17)27-19(30)12-7-25-29-4-2-3-23-18(12)29/h2-8,20,26H,1,9H2,(H,24,28)(H,27,30). The van der Waals surface area contributed by atoms with Gasteiger partial charge in [0, 0.05) is 29.7 Å². The van der Waals surface area contributed by atoms with Crippen molar-refractivity contribution in [2.45, 2.75) is 6.61 Å². The first-order chi connectivity index (χ1) is 15.5. The maximum Gasteiger partial charge on any atom is 0.387 e. The molecule has 4 aromatic rings. The molecule has 3 aromatic heterocycles. The minimum absolute atomic E-state index is 0.137. The Morgan fingerprint density at radius 1 is 1.34 bits per heavy atom. The maximum absolute atomic E-state index is 13.1. The molecule has 162 valence electrons. The molecule has 1 aromatic carbocycles. The number of carbonyl (C=O) groups is 1. The lowest BCUT2D eigenvalue weighted by Crippen LogP contribution is -2.16. The van der Waals surface area contributed by atoms with E-state index in [1.165, 1.54) is 29.0 Å². The highest BCUT2D eigenvalue weighted by atomic mass is 19.3. The smallest absolute Gasteiger partial charge is 0.387 e. The number of aromatic nitrogens is 5. The number of halogens is 2. The average Bonchev–Trinajstić information content (AvgIpc) is 3.39. The van der Waals surface area contributed by atoms with Crippen LogP contribution in [0.5, 0.6) is 11.5 Å². The number of benzene rings is 1. The van der Waals surface area contributed by atoms with E-state index in [0.29, 0.717) is 22.8 Å². The third kappa shape index (κ3) is 3.47. The zero-order valence-corrected chi connectivity index (χ0v) is 16.3. The Kier molecular flexibility index (Phi) is 4.66. The molecule has 0 fully saturated rings. The Morgan fingerprint density at radius 2 is 2.22 bits per heavy atom. The molecule has 0 atom stereocenters. The molecule has 10 nitrogen and oxygen atoms in total. The second-order valence-electron chi connectivity index (χ2n) is 6.80. The molecular weight excluding hydrogens is 424 g/mol. The van der Waals surface area contributed by atoms with Crippen molar-refractivity contribution in [1.82, 2.24) is 24.8 Å². The summed E-state index contributed by atoms with van der Waals surface area (Å²) in [5.74, 6) is -0.223. The first-order valence-corrected chi connectivity index (χ1v) is 9.33. The largest absolute Gasteiger partial charge is 0.485 e. The molecule has 0 saturated carbocycles. The number of amides is 1. The number of hydrogen-bond acceptors (Lipinski definition) is 7. The Balaban J connectivity index is 1.52. The first kappa shape index (κ1) is 19.5. The van der Waals surface area contributed by atoms with Crippen LogP contribution in [-0.2, 0) is 0 Å². The topological polar surface area (TPSA) is 118 Å². The lowest BCUT2D eigenvalue weighted by molar-refractivity contribution is -0.0494. The molecule has 0 unspecified atom stereocenters. The quantitative estimate of drug-likeness (QED) is 0.437. The minimum Gasteiger partial charge on any atom is -0.485 e. The maximum atomic E-state index is 13.1. The summed E-state index contributed by atoms with van der Waals surface area (Å²) in [6.07, 6.45) is 5.94. The van der Waals surface area contributed by atoms with Gasteiger partial charge in [0.15, 0.2) is 5.65 Å². The van der Waals surface area contributed by atoms with Crippen LogP contribution in [0.4, 0.5) is 20.2 Å². The fraction of sp³-hybridized carbons (Fsp3) is 0.100. The second kappa shape index (κ2) is 7.65. The Morgan fingerprint density at radius 3 is 3.06 bits per heavy atom. The van der Waals surface area contributed by atoms with Gasteiger partial charge in [0.05, 0.1) is 29.5 Å². The van der Waals surface area contributed by atoms with Crippen molar-refractivity contribution in [3.63, 3.8) is 0 Å². The number of hydrogen-bond donors (Lipinski definition) is 3. The summed E-state index contributed by atoms with van der Waals surface area (Å²) in [5.41, 5.74) is 2.34. The predicted octanol–water partition coefficient (Wildman–Crippen LogP) is 3.29. The van der Waals surface area contributed by atoms with Crippen LogP contribution in [0.15, 0.2) is 55.3 Å². The molecule has 5 rings (SSSR count). The van der Waals surface area contributed by atoms with Crippen LogP contribution in [0.3, 0.4) is 0 Å². The van der Waals surface area contributed by atoms with Crippen molar-refractivity contribution >= 4 is 22.9 Å². The molecule has 4 heterocycles. The molecule has 0 aliphatic carbocycles. The lowest BCUT2D eigenvalue weighted by atomic mass is 10.1. The molecule has 0 bridgehead atoms. The van der Waals surface area contributed by atoms with Crippen LogP contribution in [0, 0.1) is 0 Å². The SMILES string of the molecule is C=C1COc2cc(-c3[nH]ncc3NC(=O)c3cnn4cccnc34)c(OC(F)F)cc2N1. The van der Waals surface area contributed by atoms with Crippen molar-refractivity contribution in [2.24, 2.45) is 0 Å². The van der Waals surface area contributed by atoms with Gasteiger partial charge in [-0.1, -0.05) is 6.58 Å². The van der Waals surface area contributed by atoms with Gasteiger partial charge in [0.1, 0.15) is 23.7 Å². The zero-order valence-electron chi connectivity index (χ0n) is 16.3. The number of alkyl halides is 2. The second-order valence-corrected chi connectivity index (χ2v) is 6.80. The van der Waals surface area contributed by atoms with Gasteiger partial charge < -0.3 is 20.1 Å². The Labute approximate surface area is 178 Å². The van der Waals surface area contributed by atoms with Gasteiger partial charge >= 0.3 is 6.61 Å². The lowest BCUT2D eigenvalue weighted by Gasteiger charge is -2.23. The van der Waals surface area contributed by atoms with E-state index in [4.69, 9.17) is 9.47 Å². The number of H-pyrrole nitrogens is 1. The van der Waals surface area contributed by atoms with Gasteiger partial charge in [0.2, 0.25) is 0 Å². The highest BCUT2D eigenvalue weighted by Crippen LogP contribution is 2.43. The Bertz CT molecular complexity index is 1350. The van der Waals surface area contributed by atoms with E-state index in [0.717, 1.165) is 0 Å². The van der Waals surface area contributed by atoms with Gasteiger partial charge in [0.25, 0.3) is 5.91 Å². The normalized spacial score (nSPS) is 12.9. The van der Waals surface area contributed by atoms with Gasteiger partial charge in [-0.05, 0) is 12.1 Å². The van der Waals surface area contributed by atoms with Crippen LogP contribution in [0.2, 0.25) is 0 Å². The number of anilines is 2. The molecule has 32 heavy (non-hydrogen) atoms. The number of carbonyl (C=O) groups excluding carboxylic acids is 1. The van der Waals surface area contributed by atoms with Gasteiger partial charge in [-0.3, -0.25) is 9.89 Å². The fourth-order valence-electron chi connectivity index (χ4n) is 3.32. The van der Waals surface area contributed by atoms with Crippen molar-refractivity contribution in [2.75, 3.05) is 17.2 Å². The summed E-state index contributed by atoms with van der Waals surface area (Å²) in [6.45, 7) is 0.922. The van der Waals surface area contributed by atoms with Crippen molar-refractivity contribution < 1.29 is 23.0 Å². The molecule has 0 radical (unpaired) electrons. The number of aromatic amines is 1. The number of ether oxygens (including phenoxy) is 2. The van der Waals surface area contributed by atoms with Gasteiger partial charge in [-0.15, -0.1) is 0 Å². The highest BCUT2D eigenvalue weighted by Gasteiger charge is 2.23. The average molecular weight is 439 g/mol. The van der Waals surface area contributed by atoms with Crippen LogP contribution in [0.1, 0.15) is 10.4 Å². The third-order valence-electron chi connectivity index (χ3n) is 4.69. The number of rotatable bonds is 5. The van der Waals surface area contributed by atoms with Gasteiger partial charge in [-0.2, -0.15) is 19.0 Å². The van der Waals surface area contributed by atoms with E-state index in [1.54, 1.807) is 18.5 Å². The number of fused-ring (bicyclic) bond motifs is 2. The third-order valence-corrected chi connectivity index (χ3v) is 4.69. The van der Waals surface area contributed by atoms with Crippen LogP contribution >= 0.6 is 0 Å². The predicted molar refractivity (Wildman–Crippen MR) is 110 cm³/mol. The highest BCUT2D eigenvalue weighted by molar-refractivity contribution is 6.09. The monoisotopic (exact) mass is 439 g/mol. The Hall–Kier alpha value is -4.48. The van der Waals surface area contributed by atoms with Crippen molar-refractivity contribution in [1.29, 1.82) is 0 Å². The first-order valence-electron chi connectivity index (χ1n) is 9.33. The molecule has 3 N–H and O–H groups in total. The molecule has 0 saturated heterocycles. The van der Waals surface area contributed by atoms with E-state index >= 15 is 0 Å². The van der Waals surface area contributed by atoms with E-state index < -0.39 is 12.5 Å². The molecule has 1 aliphatic rings. The molecule has 0 spiro atoms. The van der Waals surface area contributed by atoms with Crippen LogP contribution < -0.4 is 20.1 Å².